The van der Waals surface area contributed by atoms with E-state index in [0.717, 1.165) is 53.2 Å². The van der Waals surface area contributed by atoms with Gasteiger partial charge in [0.2, 0.25) is 10.3 Å². The van der Waals surface area contributed by atoms with Gasteiger partial charge in [0.25, 0.3) is 35.0 Å². The average molecular weight is 675 g/mol. The van der Waals surface area contributed by atoms with E-state index in [9.17, 15) is 19.2 Å². The Bertz CT molecular complexity index is 2190. The molecule has 7 rings (SSSR count). The lowest BCUT2D eigenvalue weighted by atomic mass is 9.81. The summed E-state index contributed by atoms with van der Waals surface area (Å²) in [6.07, 6.45) is 0. The minimum atomic E-state index is -0.644. The standard InChI is InChI=1S/C34H26N8O4S2/c1-13-19(35-7)27(43)41(9)29(45)21(13)37-31-39-25-23(47-31)15-11-18-16(12-17(15)33(25,3)4)24-26(34(18,5)6)40-32(48-24)38-22-14(2)20(36-8)28(44)42(10)30(22)46/h11-12H,1-6,9-10H3. The molecule has 0 bridgehead atoms. The van der Waals surface area contributed by atoms with Gasteiger partial charge in [0.1, 0.15) is 11.4 Å². The number of benzene rings is 1. The molecule has 0 radical (unpaired) electrons. The molecular weight excluding hydrogens is 649 g/mol. The summed E-state index contributed by atoms with van der Waals surface area (Å²) in [6, 6.07) is 4.35. The summed E-state index contributed by atoms with van der Waals surface area (Å²) in [5.74, 6) is -2.44. The Kier molecular flexibility index (Phi) is 6.51. The smallest absolute Gasteiger partial charge is 0.277 e. The summed E-state index contributed by atoms with van der Waals surface area (Å²) in [5.41, 5.74) is 5.10. The molecule has 4 amide bonds. The summed E-state index contributed by atoms with van der Waals surface area (Å²) in [7, 11) is 2.68. The first-order valence-electron chi connectivity index (χ1n) is 14.8. The van der Waals surface area contributed by atoms with Gasteiger partial charge < -0.3 is 0 Å². The van der Waals surface area contributed by atoms with Crippen LogP contribution in [0.1, 0.15) is 64.1 Å². The molecule has 0 saturated heterocycles. The number of hydrogen-bond donors (Lipinski definition) is 0. The lowest BCUT2D eigenvalue weighted by molar-refractivity contribution is -0.138. The van der Waals surface area contributed by atoms with Gasteiger partial charge in [0.15, 0.2) is 0 Å². The van der Waals surface area contributed by atoms with Crippen molar-refractivity contribution in [2.75, 3.05) is 14.1 Å². The average Bonchev–Trinajstić information content (AvgIpc) is 3.76. The van der Waals surface area contributed by atoms with Crippen LogP contribution < -0.4 is 0 Å². The highest BCUT2D eigenvalue weighted by atomic mass is 32.1. The third kappa shape index (κ3) is 3.96. The van der Waals surface area contributed by atoms with Gasteiger partial charge in [-0.05, 0) is 59.4 Å². The van der Waals surface area contributed by atoms with Crippen molar-refractivity contribution in [3.8, 4) is 20.9 Å². The maximum Gasteiger partial charge on any atom is 0.277 e. The molecule has 3 aromatic rings. The third-order valence-electron chi connectivity index (χ3n) is 9.50. The fraction of sp³-hybridized carbons (Fsp3) is 0.294. The highest BCUT2D eigenvalue weighted by molar-refractivity contribution is 7.19. The quantitative estimate of drug-likeness (QED) is 0.251. The first-order chi connectivity index (χ1) is 22.5. The Morgan fingerprint density at radius 1 is 0.667 bits per heavy atom. The van der Waals surface area contributed by atoms with Crippen molar-refractivity contribution in [2.24, 2.45) is 9.98 Å². The van der Waals surface area contributed by atoms with E-state index < -0.39 is 34.5 Å². The number of likely N-dealkylation sites (N-methyl/N-ethyl adjacent to an activating group) is 2. The fourth-order valence-electron chi connectivity index (χ4n) is 6.59. The summed E-state index contributed by atoms with van der Waals surface area (Å²) < 4.78 is 0. The Morgan fingerprint density at radius 3 is 1.35 bits per heavy atom. The maximum atomic E-state index is 13.0. The number of aromatic nitrogens is 2. The van der Waals surface area contributed by atoms with Gasteiger partial charge in [0, 0.05) is 24.9 Å². The van der Waals surface area contributed by atoms with Gasteiger partial charge in [0.05, 0.1) is 34.3 Å². The van der Waals surface area contributed by atoms with Crippen LogP contribution in [0, 0.1) is 13.1 Å². The van der Waals surface area contributed by atoms with Gasteiger partial charge in [-0.2, -0.15) is 0 Å². The molecule has 4 heterocycles. The molecule has 14 heteroatoms. The van der Waals surface area contributed by atoms with Crippen LogP contribution in [0.25, 0.3) is 30.6 Å². The van der Waals surface area contributed by atoms with E-state index in [1.54, 1.807) is 13.8 Å². The highest BCUT2D eigenvalue weighted by Crippen LogP contribution is 2.59. The van der Waals surface area contributed by atoms with Gasteiger partial charge in [-0.3, -0.25) is 29.0 Å². The van der Waals surface area contributed by atoms with E-state index >= 15 is 0 Å². The number of amides is 4. The van der Waals surface area contributed by atoms with Crippen LogP contribution in [0.15, 0.2) is 44.7 Å². The zero-order chi connectivity index (χ0) is 34.8. The molecular formula is C34H26N8O4S2. The number of hydrogen-bond acceptors (Lipinski definition) is 10. The Labute approximate surface area is 283 Å². The number of carbonyl (C=O) groups is 4. The minimum Gasteiger partial charge on any atom is -0.286 e. The van der Waals surface area contributed by atoms with Crippen molar-refractivity contribution in [1.29, 1.82) is 0 Å². The summed E-state index contributed by atoms with van der Waals surface area (Å²) in [5, 5.41) is 0.737. The van der Waals surface area contributed by atoms with Crippen molar-refractivity contribution >= 4 is 68.0 Å². The second-order valence-electron chi connectivity index (χ2n) is 13.0. The van der Waals surface area contributed by atoms with Crippen molar-refractivity contribution in [1.82, 2.24) is 19.8 Å². The summed E-state index contributed by atoms with van der Waals surface area (Å²) in [6.45, 7) is 26.3. The Balaban J connectivity index is 1.32. The van der Waals surface area contributed by atoms with E-state index in [-0.39, 0.29) is 34.0 Å². The normalized spacial score (nSPS) is 20.8. The van der Waals surface area contributed by atoms with Gasteiger partial charge in [-0.1, -0.05) is 50.4 Å². The van der Waals surface area contributed by atoms with Crippen LogP contribution in [0.2, 0.25) is 0 Å². The van der Waals surface area contributed by atoms with Gasteiger partial charge in [-0.25, -0.2) is 29.6 Å². The Morgan fingerprint density at radius 2 is 1.02 bits per heavy atom. The second kappa shape index (κ2) is 10.0. The molecule has 0 unspecified atom stereocenters. The van der Waals surface area contributed by atoms with Crippen LogP contribution >= 0.6 is 22.7 Å². The van der Waals surface area contributed by atoms with Crippen molar-refractivity contribution in [3.63, 3.8) is 0 Å². The number of thiazole rings is 2. The number of carbonyl (C=O) groups excluding carboxylic acids is 4. The molecule has 2 aliphatic carbocycles. The first-order valence-corrected chi connectivity index (χ1v) is 16.4. The number of fused-ring (bicyclic) bond motifs is 6. The topological polar surface area (TPSA) is 134 Å². The first kappa shape index (κ1) is 31.2. The lowest BCUT2D eigenvalue weighted by Gasteiger charge is -2.23. The molecule has 0 spiro atoms. The molecule has 238 valence electrons. The molecule has 1 aromatic carbocycles. The molecule has 0 N–H and O–H groups in total. The SMILES string of the molecule is [C-]#[N+]C1=C(C)C(=Nc2nc3c(s2)-c2cc4c(cc2C3(C)C)-c2sc(N=C3C(=O)N(C)C(=O)C([N+]#[C-])=C3C)nc2C4(C)C)C(=O)N(C)C1=O. The summed E-state index contributed by atoms with van der Waals surface area (Å²) in [4.78, 5) is 80.0. The largest absolute Gasteiger partial charge is 0.286 e. The Hall–Kier alpha value is -5.44. The van der Waals surface area contributed by atoms with Crippen molar-refractivity contribution in [3.05, 3.63) is 80.0 Å². The van der Waals surface area contributed by atoms with Crippen LogP contribution in [0.5, 0.6) is 0 Å². The van der Waals surface area contributed by atoms with E-state index in [0.29, 0.717) is 10.3 Å². The summed E-state index contributed by atoms with van der Waals surface area (Å²) >= 11 is 2.72. The molecule has 0 atom stereocenters. The van der Waals surface area contributed by atoms with Crippen LogP contribution in [0.4, 0.5) is 10.3 Å². The highest BCUT2D eigenvalue weighted by Gasteiger charge is 2.46. The van der Waals surface area contributed by atoms with Crippen LogP contribution in [0.3, 0.4) is 0 Å². The molecule has 48 heavy (non-hydrogen) atoms. The molecule has 2 aromatic heterocycles. The fourth-order valence-corrected chi connectivity index (χ4v) is 8.86. The maximum absolute atomic E-state index is 13.0. The number of imide groups is 2. The number of aliphatic imine (C=N–C) groups is 2. The third-order valence-corrected chi connectivity index (χ3v) is 11.5. The van der Waals surface area contributed by atoms with Crippen LogP contribution in [-0.2, 0) is 30.0 Å². The molecule has 0 fully saturated rings. The molecule has 2 aliphatic heterocycles. The molecule has 4 aliphatic rings. The van der Waals surface area contributed by atoms with Gasteiger partial charge in [-0.15, -0.1) is 0 Å². The van der Waals surface area contributed by atoms with Crippen molar-refractivity contribution in [2.45, 2.75) is 52.4 Å². The minimum absolute atomic E-state index is 0.0303. The monoisotopic (exact) mass is 674 g/mol. The zero-order valence-corrected chi connectivity index (χ0v) is 28.8. The zero-order valence-electron chi connectivity index (χ0n) is 27.2. The van der Waals surface area contributed by atoms with E-state index in [2.05, 4.69) is 59.5 Å². The van der Waals surface area contributed by atoms with E-state index in [4.69, 9.17) is 23.1 Å². The predicted molar refractivity (Wildman–Crippen MR) is 181 cm³/mol. The van der Waals surface area contributed by atoms with E-state index in [1.807, 2.05) is 0 Å². The predicted octanol–water partition coefficient (Wildman–Crippen LogP) is 5.74. The van der Waals surface area contributed by atoms with E-state index in [1.165, 1.54) is 36.8 Å². The second-order valence-corrected chi connectivity index (χ2v) is 14.9. The van der Waals surface area contributed by atoms with Crippen LogP contribution in [-0.4, -0.2) is 68.9 Å². The molecule has 12 nitrogen and oxygen atoms in total. The molecule has 0 saturated carbocycles. The van der Waals surface area contributed by atoms with Crippen molar-refractivity contribution < 1.29 is 19.2 Å². The van der Waals surface area contributed by atoms with Gasteiger partial charge >= 0.3 is 0 Å². The lowest BCUT2D eigenvalue weighted by Crippen LogP contribution is -2.43. The number of nitrogens with zero attached hydrogens (tertiary/aromatic N) is 8. The number of rotatable bonds is 2.